The van der Waals surface area contributed by atoms with E-state index in [9.17, 15) is 0 Å². The predicted molar refractivity (Wildman–Crippen MR) is 70.9 cm³/mol. The molecular weight excluding hydrogens is 218 g/mol. The second kappa shape index (κ2) is 5.25. The van der Waals surface area contributed by atoms with Crippen molar-refractivity contribution in [2.75, 3.05) is 14.1 Å². The SMILES string of the molecule is CCC(C)(C(N)Cc1nc(C)cs1)N(C)C. The second-order valence-corrected chi connectivity index (χ2v) is 5.74. The molecule has 0 saturated carbocycles. The van der Waals surface area contributed by atoms with Crippen molar-refractivity contribution >= 4 is 11.3 Å². The van der Waals surface area contributed by atoms with Crippen molar-refractivity contribution in [3.8, 4) is 0 Å². The highest BCUT2D eigenvalue weighted by atomic mass is 32.1. The van der Waals surface area contributed by atoms with Gasteiger partial charge in [-0.2, -0.15) is 0 Å². The maximum atomic E-state index is 6.33. The van der Waals surface area contributed by atoms with Crippen LogP contribution in [0.25, 0.3) is 0 Å². The molecule has 0 bridgehead atoms. The van der Waals surface area contributed by atoms with E-state index >= 15 is 0 Å². The average molecular weight is 241 g/mol. The number of aryl methyl sites for hydroxylation is 1. The molecule has 92 valence electrons. The standard InChI is InChI=1S/C12H23N3S/c1-6-12(3,15(4)5)10(13)7-11-14-9(2)8-16-11/h8,10H,6-7,13H2,1-5H3. The average Bonchev–Trinajstić information content (AvgIpc) is 2.62. The lowest BCUT2D eigenvalue weighted by atomic mass is 9.87. The van der Waals surface area contributed by atoms with Gasteiger partial charge in [0.05, 0.1) is 5.01 Å². The summed E-state index contributed by atoms with van der Waals surface area (Å²) in [6.45, 7) is 6.43. The van der Waals surface area contributed by atoms with Crippen LogP contribution in [0.4, 0.5) is 0 Å². The summed E-state index contributed by atoms with van der Waals surface area (Å²) >= 11 is 1.71. The first-order chi connectivity index (χ1) is 7.40. The third kappa shape index (κ3) is 2.81. The number of hydrogen-bond donors (Lipinski definition) is 1. The van der Waals surface area contributed by atoms with Gasteiger partial charge in [-0.3, -0.25) is 0 Å². The van der Waals surface area contributed by atoms with E-state index in [0.717, 1.165) is 23.5 Å². The fourth-order valence-electron chi connectivity index (χ4n) is 1.81. The topological polar surface area (TPSA) is 42.1 Å². The molecule has 16 heavy (non-hydrogen) atoms. The minimum Gasteiger partial charge on any atom is -0.326 e. The summed E-state index contributed by atoms with van der Waals surface area (Å²) in [5, 5.41) is 3.23. The molecule has 0 aliphatic rings. The summed E-state index contributed by atoms with van der Waals surface area (Å²) in [5.41, 5.74) is 7.46. The monoisotopic (exact) mass is 241 g/mol. The smallest absolute Gasteiger partial charge is 0.0944 e. The fraction of sp³-hybridized carbons (Fsp3) is 0.750. The Morgan fingerprint density at radius 2 is 2.19 bits per heavy atom. The van der Waals surface area contributed by atoms with E-state index in [4.69, 9.17) is 5.73 Å². The van der Waals surface area contributed by atoms with Gasteiger partial charge >= 0.3 is 0 Å². The Bertz CT molecular complexity index is 335. The molecule has 0 spiro atoms. The zero-order valence-corrected chi connectivity index (χ0v) is 11.8. The van der Waals surface area contributed by atoms with Crippen LogP contribution in [0, 0.1) is 6.92 Å². The summed E-state index contributed by atoms with van der Waals surface area (Å²) in [7, 11) is 4.19. The first kappa shape index (κ1) is 13.6. The van der Waals surface area contributed by atoms with Crippen molar-refractivity contribution in [1.82, 2.24) is 9.88 Å². The summed E-state index contributed by atoms with van der Waals surface area (Å²) in [6.07, 6.45) is 1.91. The van der Waals surface area contributed by atoms with Crippen LogP contribution in [-0.4, -0.2) is 35.6 Å². The molecule has 0 radical (unpaired) electrons. The van der Waals surface area contributed by atoms with Crippen LogP contribution in [0.5, 0.6) is 0 Å². The maximum Gasteiger partial charge on any atom is 0.0944 e. The summed E-state index contributed by atoms with van der Waals surface area (Å²) in [6, 6.07) is 0.123. The number of nitrogens with zero attached hydrogens (tertiary/aromatic N) is 2. The molecule has 0 aliphatic heterocycles. The molecule has 2 N–H and O–H groups in total. The first-order valence-electron chi connectivity index (χ1n) is 5.74. The Labute approximate surface area is 103 Å². The second-order valence-electron chi connectivity index (χ2n) is 4.80. The van der Waals surface area contributed by atoms with E-state index in [1.165, 1.54) is 0 Å². The van der Waals surface area contributed by atoms with E-state index < -0.39 is 0 Å². The molecule has 0 saturated heterocycles. The Kier molecular flexibility index (Phi) is 4.47. The fourth-order valence-corrected chi connectivity index (χ4v) is 2.65. The molecule has 0 amide bonds. The third-order valence-corrected chi connectivity index (χ3v) is 4.59. The van der Waals surface area contributed by atoms with Crippen LogP contribution in [0.2, 0.25) is 0 Å². The predicted octanol–water partition coefficient (Wildman–Crippen LogP) is 2.05. The molecule has 0 aliphatic carbocycles. The molecule has 2 atom stereocenters. The quantitative estimate of drug-likeness (QED) is 0.858. The van der Waals surface area contributed by atoms with Gasteiger partial charge in [0.25, 0.3) is 0 Å². The van der Waals surface area contributed by atoms with Gasteiger partial charge in [0.1, 0.15) is 0 Å². The van der Waals surface area contributed by atoms with Gasteiger partial charge in [-0.1, -0.05) is 6.92 Å². The van der Waals surface area contributed by atoms with Crippen molar-refractivity contribution in [2.24, 2.45) is 5.73 Å². The van der Waals surface area contributed by atoms with Crippen LogP contribution in [0.1, 0.15) is 31.0 Å². The van der Waals surface area contributed by atoms with Gasteiger partial charge in [0.2, 0.25) is 0 Å². The lowest BCUT2D eigenvalue weighted by Crippen LogP contribution is -2.55. The van der Waals surface area contributed by atoms with Crippen molar-refractivity contribution < 1.29 is 0 Å². The van der Waals surface area contributed by atoms with Gasteiger partial charge in [-0.15, -0.1) is 11.3 Å². The minimum atomic E-state index is 0.0412. The van der Waals surface area contributed by atoms with Crippen LogP contribution in [-0.2, 0) is 6.42 Å². The van der Waals surface area contributed by atoms with Crippen LogP contribution >= 0.6 is 11.3 Å². The zero-order valence-electron chi connectivity index (χ0n) is 10.9. The van der Waals surface area contributed by atoms with Crippen LogP contribution in [0.3, 0.4) is 0 Å². The van der Waals surface area contributed by atoms with E-state index in [1.54, 1.807) is 11.3 Å². The van der Waals surface area contributed by atoms with E-state index in [-0.39, 0.29) is 11.6 Å². The molecule has 0 fully saturated rings. The lowest BCUT2D eigenvalue weighted by molar-refractivity contribution is 0.131. The molecule has 1 heterocycles. The number of rotatable bonds is 5. The highest BCUT2D eigenvalue weighted by molar-refractivity contribution is 7.09. The van der Waals surface area contributed by atoms with Gasteiger partial charge in [0, 0.05) is 29.1 Å². The summed E-state index contributed by atoms with van der Waals surface area (Å²) < 4.78 is 0. The number of hydrogen-bond acceptors (Lipinski definition) is 4. The van der Waals surface area contributed by atoms with Gasteiger partial charge < -0.3 is 10.6 Å². The summed E-state index contributed by atoms with van der Waals surface area (Å²) in [4.78, 5) is 6.70. The van der Waals surface area contributed by atoms with E-state index in [0.29, 0.717) is 0 Å². The summed E-state index contributed by atoms with van der Waals surface area (Å²) in [5.74, 6) is 0. The van der Waals surface area contributed by atoms with Crippen molar-refractivity contribution in [2.45, 2.75) is 45.2 Å². The van der Waals surface area contributed by atoms with Gasteiger partial charge in [-0.25, -0.2) is 4.98 Å². The molecule has 4 heteroatoms. The third-order valence-electron chi connectivity index (χ3n) is 3.60. The van der Waals surface area contributed by atoms with E-state index in [2.05, 4.69) is 43.2 Å². The van der Waals surface area contributed by atoms with Gasteiger partial charge in [-0.05, 0) is 34.4 Å². The van der Waals surface area contributed by atoms with Crippen LogP contribution in [0.15, 0.2) is 5.38 Å². The molecule has 3 nitrogen and oxygen atoms in total. The molecule has 0 aromatic carbocycles. The normalized spacial score (nSPS) is 17.4. The van der Waals surface area contributed by atoms with E-state index in [1.807, 2.05) is 6.92 Å². The Hall–Kier alpha value is -0.450. The van der Waals surface area contributed by atoms with Crippen LogP contribution < -0.4 is 5.73 Å². The largest absolute Gasteiger partial charge is 0.326 e. The Morgan fingerprint density at radius 1 is 1.56 bits per heavy atom. The minimum absolute atomic E-state index is 0.0412. The molecule has 2 unspecified atom stereocenters. The van der Waals surface area contributed by atoms with Gasteiger partial charge in [0.15, 0.2) is 0 Å². The number of thiazole rings is 1. The number of aromatic nitrogens is 1. The molecule has 1 rings (SSSR count). The lowest BCUT2D eigenvalue weighted by Gasteiger charge is -2.40. The molecular formula is C12H23N3S. The molecule has 1 aromatic heterocycles. The Morgan fingerprint density at radius 3 is 2.56 bits per heavy atom. The molecule has 1 aromatic rings. The number of nitrogens with two attached hydrogens (primary N) is 1. The Balaban J connectivity index is 2.73. The first-order valence-corrected chi connectivity index (χ1v) is 6.62. The zero-order chi connectivity index (χ0) is 12.3. The van der Waals surface area contributed by atoms with Crippen molar-refractivity contribution in [3.63, 3.8) is 0 Å². The van der Waals surface area contributed by atoms with Crippen molar-refractivity contribution in [3.05, 3.63) is 16.1 Å². The highest BCUT2D eigenvalue weighted by Crippen LogP contribution is 2.23. The maximum absolute atomic E-state index is 6.33. The number of likely N-dealkylation sites (N-methyl/N-ethyl adjacent to an activating group) is 1. The van der Waals surface area contributed by atoms with Crippen molar-refractivity contribution in [1.29, 1.82) is 0 Å². The highest BCUT2D eigenvalue weighted by Gasteiger charge is 2.32.